The van der Waals surface area contributed by atoms with Gasteiger partial charge in [-0.05, 0) is 40.9 Å². The number of carbonyl (C=O) groups excluding carboxylic acids is 1. The van der Waals surface area contributed by atoms with Crippen LogP contribution in [0.25, 0.3) is 5.65 Å². The lowest BCUT2D eigenvalue weighted by Crippen LogP contribution is -2.25. The smallest absolute Gasteiger partial charge is 0.270 e. The van der Waals surface area contributed by atoms with E-state index in [0.717, 1.165) is 21.4 Å². The van der Waals surface area contributed by atoms with Crippen molar-refractivity contribution in [1.82, 2.24) is 14.7 Å². The average molecular weight is 322 g/mol. The van der Waals surface area contributed by atoms with E-state index in [0.29, 0.717) is 18.7 Å². The molecule has 2 rings (SSSR count). The fraction of sp³-hybridized carbons (Fsp3) is 0.286. The number of imidazole rings is 1. The van der Waals surface area contributed by atoms with Crippen LogP contribution in [0.3, 0.4) is 0 Å². The van der Waals surface area contributed by atoms with Gasteiger partial charge in [0.2, 0.25) is 0 Å². The molecule has 0 radical (unpaired) electrons. The Kier molecular flexibility index (Phi) is 4.04. The Morgan fingerprint density at radius 1 is 1.63 bits per heavy atom. The van der Waals surface area contributed by atoms with Crippen LogP contribution in [0.2, 0.25) is 0 Å². The molecule has 0 atom stereocenters. The molecular weight excluding hydrogens is 306 g/mol. The molecule has 2 aromatic rings. The van der Waals surface area contributed by atoms with Crippen molar-refractivity contribution in [2.24, 2.45) is 0 Å². The molecule has 2 heterocycles. The summed E-state index contributed by atoms with van der Waals surface area (Å²) < 4.78 is 2.74. The molecular formula is C14H16BrN3O. The summed E-state index contributed by atoms with van der Waals surface area (Å²) in [6.45, 7) is 8.03. The summed E-state index contributed by atoms with van der Waals surface area (Å²) in [7, 11) is 0. The Hall–Kier alpha value is -1.62. The van der Waals surface area contributed by atoms with Crippen molar-refractivity contribution in [3.63, 3.8) is 0 Å². The Morgan fingerprint density at radius 3 is 3.00 bits per heavy atom. The number of carbonyl (C=O) groups is 1. The first-order valence-electron chi connectivity index (χ1n) is 6.14. The largest absolute Gasteiger partial charge is 0.347 e. The maximum atomic E-state index is 12.2. The number of amides is 1. The highest BCUT2D eigenvalue weighted by Gasteiger charge is 2.19. The van der Waals surface area contributed by atoms with Gasteiger partial charge in [0.05, 0.1) is 10.2 Å². The zero-order valence-corrected chi connectivity index (χ0v) is 12.6. The lowest BCUT2D eigenvalue weighted by molar-refractivity contribution is 0.0951. The SMILES string of the molecule is C=CCNC(=O)c1c(CC)nc2c(Br)cc(C)cn12. The summed E-state index contributed by atoms with van der Waals surface area (Å²) in [6.07, 6.45) is 4.30. The van der Waals surface area contributed by atoms with Crippen molar-refractivity contribution in [3.8, 4) is 0 Å². The van der Waals surface area contributed by atoms with Crippen LogP contribution >= 0.6 is 15.9 Å². The molecule has 0 aliphatic rings. The van der Waals surface area contributed by atoms with Crippen molar-refractivity contribution < 1.29 is 4.79 Å². The molecule has 100 valence electrons. The van der Waals surface area contributed by atoms with Gasteiger partial charge in [-0.15, -0.1) is 6.58 Å². The molecule has 0 unspecified atom stereocenters. The van der Waals surface area contributed by atoms with Crippen LogP contribution in [0, 0.1) is 6.92 Å². The molecule has 0 saturated heterocycles. The number of aromatic nitrogens is 2. The van der Waals surface area contributed by atoms with Crippen LogP contribution in [0.1, 0.15) is 28.7 Å². The molecule has 0 spiro atoms. The number of hydrogen-bond donors (Lipinski definition) is 1. The molecule has 0 aromatic carbocycles. The summed E-state index contributed by atoms with van der Waals surface area (Å²) in [6, 6.07) is 1.99. The first-order chi connectivity index (χ1) is 9.08. The number of nitrogens with zero attached hydrogens (tertiary/aromatic N) is 2. The maximum absolute atomic E-state index is 12.2. The highest BCUT2D eigenvalue weighted by atomic mass is 79.9. The molecule has 0 saturated carbocycles. The normalized spacial score (nSPS) is 10.7. The van der Waals surface area contributed by atoms with Crippen LogP contribution in [0.15, 0.2) is 29.4 Å². The lowest BCUT2D eigenvalue weighted by Gasteiger charge is -2.05. The first kappa shape index (κ1) is 13.8. The van der Waals surface area contributed by atoms with E-state index in [4.69, 9.17) is 0 Å². The number of nitrogens with one attached hydrogen (secondary N) is 1. The average Bonchev–Trinajstić information content (AvgIpc) is 2.74. The second kappa shape index (κ2) is 5.57. The van der Waals surface area contributed by atoms with Crippen molar-refractivity contribution in [2.75, 3.05) is 6.54 Å². The lowest BCUT2D eigenvalue weighted by atomic mass is 10.2. The number of halogens is 1. The molecule has 0 aliphatic carbocycles. The quantitative estimate of drug-likeness (QED) is 0.880. The van der Waals surface area contributed by atoms with Gasteiger partial charge in [0.15, 0.2) is 5.65 Å². The molecule has 4 nitrogen and oxygen atoms in total. The minimum Gasteiger partial charge on any atom is -0.347 e. The standard InChI is InChI=1S/C14H16BrN3O/c1-4-6-16-14(19)12-11(5-2)17-13-10(15)7-9(3)8-18(12)13/h4,7-8H,1,5-6H2,2-3H3,(H,16,19). The van der Waals surface area contributed by atoms with Gasteiger partial charge in [-0.1, -0.05) is 13.0 Å². The summed E-state index contributed by atoms with van der Waals surface area (Å²) in [5.41, 5.74) is 3.24. The Morgan fingerprint density at radius 2 is 2.37 bits per heavy atom. The van der Waals surface area contributed by atoms with Crippen LogP contribution in [-0.2, 0) is 6.42 Å². The van der Waals surface area contributed by atoms with E-state index in [-0.39, 0.29) is 5.91 Å². The number of rotatable bonds is 4. The van der Waals surface area contributed by atoms with Crippen LogP contribution in [0.5, 0.6) is 0 Å². The van der Waals surface area contributed by atoms with Crippen molar-refractivity contribution >= 4 is 27.5 Å². The predicted octanol–water partition coefficient (Wildman–Crippen LogP) is 2.88. The zero-order chi connectivity index (χ0) is 14.0. The second-order valence-electron chi connectivity index (χ2n) is 4.32. The molecule has 19 heavy (non-hydrogen) atoms. The van der Waals surface area contributed by atoms with Gasteiger partial charge in [0, 0.05) is 12.7 Å². The van der Waals surface area contributed by atoms with E-state index in [9.17, 15) is 4.79 Å². The third-order valence-electron chi connectivity index (χ3n) is 2.84. The maximum Gasteiger partial charge on any atom is 0.270 e. The molecule has 0 aliphatic heterocycles. The van der Waals surface area contributed by atoms with E-state index in [1.807, 2.05) is 30.5 Å². The van der Waals surface area contributed by atoms with Crippen LogP contribution < -0.4 is 5.32 Å². The van der Waals surface area contributed by atoms with E-state index in [1.54, 1.807) is 6.08 Å². The van der Waals surface area contributed by atoms with Gasteiger partial charge in [-0.2, -0.15) is 0 Å². The van der Waals surface area contributed by atoms with Gasteiger partial charge < -0.3 is 5.32 Å². The molecule has 2 aromatic heterocycles. The summed E-state index contributed by atoms with van der Waals surface area (Å²) in [5.74, 6) is -0.123. The second-order valence-corrected chi connectivity index (χ2v) is 5.17. The fourth-order valence-corrected chi connectivity index (χ4v) is 2.66. The highest BCUT2D eigenvalue weighted by Crippen LogP contribution is 2.22. The Bertz CT molecular complexity index is 646. The monoisotopic (exact) mass is 321 g/mol. The van der Waals surface area contributed by atoms with Crippen molar-refractivity contribution in [3.05, 3.63) is 46.3 Å². The Balaban J connectivity index is 2.63. The predicted molar refractivity (Wildman–Crippen MR) is 79.5 cm³/mol. The molecule has 0 bridgehead atoms. The van der Waals surface area contributed by atoms with E-state index in [2.05, 4.69) is 32.8 Å². The molecule has 0 fully saturated rings. The van der Waals surface area contributed by atoms with Gasteiger partial charge >= 0.3 is 0 Å². The third-order valence-corrected chi connectivity index (χ3v) is 3.42. The highest BCUT2D eigenvalue weighted by molar-refractivity contribution is 9.10. The Labute approximate surface area is 120 Å². The van der Waals surface area contributed by atoms with Gasteiger partial charge in [-0.3, -0.25) is 9.20 Å². The topological polar surface area (TPSA) is 46.4 Å². The minimum atomic E-state index is -0.123. The summed E-state index contributed by atoms with van der Waals surface area (Å²) in [5, 5.41) is 2.81. The minimum absolute atomic E-state index is 0.123. The van der Waals surface area contributed by atoms with Crippen molar-refractivity contribution in [2.45, 2.75) is 20.3 Å². The van der Waals surface area contributed by atoms with Crippen molar-refractivity contribution in [1.29, 1.82) is 0 Å². The summed E-state index contributed by atoms with van der Waals surface area (Å²) in [4.78, 5) is 16.8. The van der Waals surface area contributed by atoms with Gasteiger partial charge in [0.1, 0.15) is 5.69 Å². The number of hydrogen-bond acceptors (Lipinski definition) is 2. The number of pyridine rings is 1. The van der Waals surface area contributed by atoms with Gasteiger partial charge in [0.25, 0.3) is 5.91 Å². The fourth-order valence-electron chi connectivity index (χ4n) is 2.01. The number of aryl methyl sites for hydroxylation is 2. The van der Waals surface area contributed by atoms with E-state index < -0.39 is 0 Å². The van der Waals surface area contributed by atoms with Crippen LogP contribution in [-0.4, -0.2) is 21.8 Å². The van der Waals surface area contributed by atoms with E-state index >= 15 is 0 Å². The zero-order valence-electron chi connectivity index (χ0n) is 11.0. The molecule has 1 amide bonds. The third kappa shape index (κ3) is 2.56. The molecule has 5 heteroatoms. The van der Waals surface area contributed by atoms with Crippen LogP contribution in [0.4, 0.5) is 0 Å². The summed E-state index contributed by atoms with van der Waals surface area (Å²) >= 11 is 3.49. The first-order valence-corrected chi connectivity index (χ1v) is 6.94. The molecule has 1 N–H and O–H groups in total. The van der Waals surface area contributed by atoms with E-state index in [1.165, 1.54) is 0 Å². The van der Waals surface area contributed by atoms with Gasteiger partial charge in [-0.25, -0.2) is 4.98 Å². The number of fused-ring (bicyclic) bond motifs is 1.